The summed E-state index contributed by atoms with van der Waals surface area (Å²) in [5, 5.41) is 14.0. The first-order chi connectivity index (χ1) is 12.5. The van der Waals surface area contributed by atoms with E-state index in [4.69, 9.17) is 9.47 Å². The highest BCUT2D eigenvalue weighted by Crippen LogP contribution is 2.31. The van der Waals surface area contributed by atoms with Crippen molar-refractivity contribution in [3.05, 3.63) is 63.7 Å². The average molecular weight is 358 g/mol. The number of amides is 1. The van der Waals surface area contributed by atoms with Gasteiger partial charge in [-0.15, -0.1) is 0 Å². The van der Waals surface area contributed by atoms with Crippen molar-refractivity contribution in [3.8, 4) is 11.5 Å². The zero-order valence-electron chi connectivity index (χ0n) is 15.0. The Kier molecular flexibility index (Phi) is 6.54. The third kappa shape index (κ3) is 4.50. The van der Waals surface area contributed by atoms with Crippen molar-refractivity contribution in [2.75, 3.05) is 14.2 Å². The first-order valence-corrected chi connectivity index (χ1v) is 8.23. The number of carbonyl (C=O) groups is 1. The summed E-state index contributed by atoms with van der Waals surface area (Å²) in [4.78, 5) is 23.0. The fourth-order valence-electron chi connectivity index (χ4n) is 2.75. The van der Waals surface area contributed by atoms with E-state index in [-0.39, 0.29) is 24.1 Å². The van der Waals surface area contributed by atoms with Gasteiger partial charge in [0.15, 0.2) is 11.5 Å². The molecule has 1 atom stereocenters. The van der Waals surface area contributed by atoms with Crippen molar-refractivity contribution < 1.29 is 19.2 Å². The quantitative estimate of drug-likeness (QED) is 0.577. The molecule has 0 aliphatic heterocycles. The third-order valence-electron chi connectivity index (χ3n) is 4.09. The number of hydrogen-bond donors (Lipinski definition) is 1. The monoisotopic (exact) mass is 358 g/mol. The SMILES string of the molecule is CCC(NC(=O)Cc1ccccc1[N+](=O)[O-])c1ccc(OC)c(OC)c1. The summed E-state index contributed by atoms with van der Waals surface area (Å²) < 4.78 is 10.5. The van der Waals surface area contributed by atoms with Gasteiger partial charge in [0.2, 0.25) is 5.91 Å². The number of benzene rings is 2. The van der Waals surface area contributed by atoms with E-state index >= 15 is 0 Å². The van der Waals surface area contributed by atoms with E-state index < -0.39 is 4.92 Å². The highest BCUT2D eigenvalue weighted by Gasteiger charge is 2.19. The van der Waals surface area contributed by atoms with E-state index in [1.54, 1.807) is 38.5 Å². The fourth-order valence-corrected chi connectivity index (χ4v) is 2.75. The van der Waals surface area contributed by atoms with Crippen molar-refractivity contribution in [2.24, 2.45) is 0 Å². The number of nitro groups is 1. The Bertz CT molecular complexity index is 791. The molecule has 7 nitrogen and oxygen atoms in total. The number of para-hydroxylation sites is 1. The maximum absolute atomic E-state index is 12.4. The van der Waals surface area contributed by atoms with Gasteiger partial charge in [-0.1, -0.05) is 31.2 Å². The maximum Gasteiger partial charge on any atom is 0.273 e. The summed E-state index contributed by atoms with van der Waals surface area (Å²) in [5.41, 5.74) is 1.21. The zero-order valence-corrected chi connectivity index (χ0v) is 15.0. The van der Waals surface area contributed by atoms with Gasteiger partial charge < -0.3 is 14.8 Å². The first kappa shape index (κ1) is 19.2. The molecule has 2 aromatic carbocycles. The molecule has 26 heavy (non-hydrogen) atoms. The second-order valence-corrected chi connectivity index (χ2v) is 5.71. The van der Waals surface area contributed by atoms with Gasteiger partial charge in [-0.05, 0) is 24.1 Å². The van der Waals surface area contributed by atoms with E-state index in [0.717, 1.165) is 5.56 Å². The molecule has 2 rings (SSSR count). The Hall–Kier alpha value is -3.09. The molecule has 0 aliphatic rings. The lowest BCUT2D eigenvalue weighted by Gasteiger charge is -2.19. The third-order valence-corrected chi connectivity index (χ3v) is 4.09. The van der Waals surface area contributed by atoms with Crippen molar-refractivity contribution in [3.63, 3.8) is 0 Å². The van der Waals surface area contributed by atoms with Crippen molar-refractivity contribution in [2.45, 2.75) is 25.8 Å². The molecule has 0 aromatic heterocycles. The van der Waals surface area contributed by atoms with Gasteiger partial charge in [0.1, 0.15) is 0 Å². The van der Waals surface area contributed by atoms with Crippen LogP contribution in [0.1, 0.15) is 30.5 Å². The van der Waals surface area contributed by atoms with Crippen molar-refractivity contribution in [1.29, 1.82) is 0 Å². The number of methoxy groups -OCH3 is 2. The summed E-state index contributed by atoms with van der Waals surface area (Å²) in [7, 11) is 3.11. The Labute approximate surface area is 152 Å². The van der Waals surface area contributed by atoms with Crippen LogP contribution in [0.3, 0.4) is 0 Å². The molecule has 0 aliphatic carbocycles. The van der Waals surface area contributed by atoms with E-state index in [0.29, 0.717) is 23.5 Å². The fraction of sp³-hybridized carbons (Fsp3) is 0.316. The molecular formula is C19H22N2O5. The van der Waals surface area contributed by atoms with Crippen LogP contribution in [-0.4, -0.2) is 25.1 Å². The topological polar surface area (TPSA) is 90.7 Å². The van der Waals surface area contributed by atoms with Crippen LogP contribution in [0.5, 0.6) is 11.5 Å². The number of hydrogen-bond acceptors (Lipinski definition) is 5. The summed E-state index contributed by atoms with van der Waals surface area (Å²) in [6.07, 6.45) is 0.610. The standard InChI is InChI=1S/C19H22N2O5/c1-4-15(13-9-10-17(25-2)18(11-13)26-3)20-19(22)12-14-7-5-6-8-16(14)21(23)24/h5-11,15H,4,12H2,1-3H3,(H,20,22). The highest BCUT2D eigenvalue weighted by atomic mass is 16.6. The lowest BCUT2D eigenvalue weighted by Crippen LogP contribution is -2.29. The van der Waals surface area contributed by atoms with Gasteiger partial charge >= 0.3 is 0 Å². The number of nitro benzene ring substituents is 1. The summed E-state index contributed by atoms with van der Waals surface area (Å²) in [6, 6.07) is 11.5. The van der Waals surface area contributed by atoms with E-state index in [1.165, 1.54) is 6.07 Å². The largest absolute Gasteiger partial charge is 0.493 e. The molecule has 1 unspecified atom stereocenters. The number of rotatable bonds is 8. The smallest absolute Gasteiger partial charge is 0.273 e. The van der Waals surface area contributed by atoms with Gasteiger partial charge in [0, 0.05) is 11.6 Å². The van der Waals surface area contributed by atoms with Gasteiger partial charge in [-0.3, -0.25) is 14.9 Å². The lowest BCUT2D eigenvalue weighted by molar-refractivity contribution is -0.385. The minimum absolute atomic E-state index is 0.0539. The number of nitrogens with zero attached hydrogens (tertiary/aromatic N) is 1. The Balaban J connectivity index is 2.15. The van der Waals surface area contributed by atoms with Crippen LogP contribution in [-0.2, 0) is 11.2 Å². The van der Waals surface area contributed by atoms with Crippen LogP contribution in [0.15, 0.2) is 42.5 Å². The van der Waals surface area contributed by atoms with Gasteiger partial charge in [0.25, 0.3) is 5.69 Å². The first-order valence-electron chi connectivity index (χ1n) is 8.23. The van der Waals surface area contributed by atoms with Crippen LogP contribution >= 0.6 is 0 Å². The highest BCUT2D eigenvalue weighted by molar-refractivity contribution is 5.80. The summed E-state index contributed by atoms with van der Waals surface area (Å²) in [6.45, 7) is 1.95. The molecule has 0 radical (unpaired) electrons. The molecule has 1 N–H and O–H groups in total. The molecule has 0 spiro atoms. The Morgan fingerprint density at radius 3 is 2.46 bits per heavy atom. The molecular weight excluding hydrogens is 336 g/mol. The van der Waals surface area contributed by atoms with Gasteiger partial charge in [-0.25, -0.2) is 0 Å². The normalized spacial score (nSPS) is 11.5. The van der Waals surface area contributed by atoms with Crippen LogP contribution < -0.4 is 14.8 Å². The molecule has 0 heterocycles. The van der Waals surface area contributed by atoms with E-state index in [2.05, 4.69) is 5.32 Å². The average Bonchev–Trinajstić information content (AvgIpc) is 2.65. The predicted molar refractivity (Wildman–Crippen MR) is 97.5 cm³/mol. The molecule has 0 saturated carbocycles. The van der Waals surface area contributed by atoms with Gasteiger partial charge in [0.05, 0.1) is 31.6 Å². The molecule has 7 heteroatoms. The maximum atomic E-state index is 12.4. The molecule has 0 fully saturated rings. The van der Waals surface area contributed by atoms with Gasteiger partial charge in [-0.2, -0.15) is 0 Å². The molecule has 1 amide bonds. The molecule has 138 valence electrons. The number of nitrogens with one attached hydrogen (secondary N) is 1. The minimum Gasteiger partial charge on any atom is -0.493 e. The number of ether oxygens (including phenoxy) is 2. The predicted octanol–water partition coefficient (Wildman–Crippen LogP) is 3.42. The Morgan fingerprint density at radius 1 is 1.15 bits per heavy atom. The zero-order chi connectivity index (χ0) is 19.1. The van der Waals surface area contributed by atoms with Crippen LogP contribution in [0.25, 0.3) is 0 Å². The summed E-state index contributed by atoms with van der Waals surface area (Å²) in [5.74, 6) is 0.912. The summed E-state index contributed by atoms with van der Waals surface area (Å²) >= 11 is 0. The molecule has 0 bridgehead atoms. The Morgan fingerprint density at radius 2 is 1.85 bits per heavy atom. The molecule has 2 aromatic rings. The van der Waals surface area contributed by atoms with Crippen LogP contribution in [0, 0.1) is 10.1 Å². The van der Waals surface area contributed by atoms with E-state index in [9.17, 15) is 14.9 Å². The van der Waals surface area contributed by atoms with Crippen LogP contribution in [0.4, 0.5) is 5.69 Å². The second-order valence-electron chi connectivity index (χ2n) is 5.71. The molecule has 0 saturated heterocycles. The van der Waals surface area contributed by atoms with Crippen molar-refractivity contribution >= 4 is 11.6 Å². The second kappa shape index (κ2) is 8.84. The van der Waals surface area contributed by atoms with E-state index in [1.807, 2.05) is 19.1 Å². The number of carbonyl (C=O) groups excluding carboxylic acids is 1. The van der Waals surface area contributed by atoms with Crippen molar-refractivity contribution in [1.82, 2.24) is 5.32 Å². The van der Waals surface area contributed by atoms with Crippen LogP contribution in [0.2, 0.25) is 0 Å². The lowest BCUT2D eigenvalue weighted by atomic mass is 10.0. The minimum atomic E-state index is -0.478.